The van der Waals surface area contributed by atoms with E-state index in [2.05, 4.69) is 20.6 Å². The highest BCUT2D eigenvalue weighted by molar-refractivity contribution is 6.02. The lowest BCUT2D eigenvalue weighted by molar-refractivity contribution is -0.118. The van der Waals surface area contributed by atoms with Crippen LogP contribution in [-0.2, 0) is 11.2 Å². The summed E-state index contributed by atoms with van der Waals surface area (Å²) in [6.07, 6.45) is 3.51. The van der Waals surface area contributed by atoms with E-state index in [9.17, 15) is 14.0 Å². The second kappa shape index (κ2) is 8.57. The molecular weight excluding hydrogens is 383 g/mol. The molecule has 30 heavy (non-hydrogen) atoms. The van der Waals surface area contributed by atoms with Gasteiger partial charge in [0.2, 0.25) is 5.91 Å². The fourth-order valence-corrected chi connectivity index (χ4v) is 3.13. The predicted octanol–water partition coefficient (Wildman–Crippen LogP) is 3.68. The molecule has 2 amide bonds. The topological polar surface area (TPSA) is 86.9 Å². The zero-order chi connectivity index (χ0) is 20.9. The van der Waals surface area contributed by atoms with Gasteiger partial charge in [-0.3, -0.25) is 9.59 Å². The van der Waals surface area contributed by atoms with Crippen molar-refractivity contribution in [1.82, 2.24) is 15.3 Å². The monoisotopic (exact) mass is 402 g/mol. The lowest BCUT2D eigenvalue weighted by Gasteiger charge is -2.19. The molecule has 0 saturated heterocycles. The van der Waals surface area contributed by atoms with Crippen molar-refractivity contribution in [2.75, 3.05) is 5.32 Å². The maximum atomic E-state index is 13.1. The normalized spacial score (nSPS) is 11.8. The van der Waals surface area contributed by atoms with Gasteiger partial charge in [-0.05, 0) is 42.0 Å². The van der Waals surface area contributed by atoms with E-state index in [1.54, 1.807) is 12.3 Å². The van der Waals surface area contributed by atoms with E-state index in [4.69, 9.17) is 0 Å². The first-order valence-corrected chi connectivity index (χ1v) is 9.43. The van der Waals surface area contributed by atoms with Crippen molar-refractivity contribution in [3.05, 3.63) is 96.1 Å². The van der Waals surface area contributed by atoms with Gasteiger partial charge < -0.3 is 15.6 Å². The van der Waals surface area contributed by atoms with Gasteiger partial charge in [0.05, 0.1) is 5.56 Å². The summed E-state index contributed by atoms with van der Waals surface area (Å²) in [4.78, 5) is 32.9. The molecule has 1 atom stereocenters. The number of aromatic amines is 1. The van der Waals surface area contributed by atoms with Gasteiger partial charge in [0.15, 0.2) is 0 Å². The maximum absolute atomic E-state index is 13.1. The van der Waals surface area contributed by atoms with Crippen molar-refractivity contribution >= 4 is 28.5 Å². The SMILES string of the molecule is O=C(N[C@@H](Cc1ccccc1)C(=O)Nc1ccc(F)cc1)c1cnc2[nH]ccc2c1. The Hall–Kier alpha value is -4.00. The van der Waals surface area contributed by atoms with Gasteiger partial charge in [0.1, 0.15) is 17.5 Å². The number of halogens is 1. The molecule has 0 aliphatic rings. The number of benzene rings is 2. The summed E-state index contributed by atoms with van der Waals surface area (Å²) in [6, 6.07) is 17.6. The molecule has 2 heterocycles. The van der Waals surface area contributed by atoms with Crippen LogP contribution in [-0.4, -0.2) is 27.8 Å². The van der Waals surface area contributed by atoms with Crippen molar-refractivity contribution in [1.29, 1.82) is 0 Å². The number of nitrogens with zero attached hydrogens (tertiary/aromatic N) is 1. The molecule has 6 nitrogen and oxygen atoms in total. The van der Waals surface area contributed by atoms with Gasteiger partial charge in [0, 0.05) is 29.9 Å². The maximum Gasteiger partial charge on any atom is 0.253 e. The molecule has 150 valence electrons. The number of amides is 2. The van der Waals surface area contributed by atoms with Crippen LogP contribution in [0.4, 0.5) is 10.1 Å². The Balaban J connectivity index is 1.54. The number of rotatable bonds is 6. The number of aromatic nitrogens is 2. The first-order valence-electron chi connectivity index (χ1n) is 9.43. The van der Waals surface area contributed by atoms with Crippen LogP contribution in [0, 0.1) is 5.82 Å². The molecule has 2 aromatic heterocycles. The van der Waals surface area contributed by atoms with Crippen LogP contribution in [0.25, 0.3) is 11.0 Å². The average molecular weight is 402 g/mol. The number of carbonyl (C=O) groups excluding carboxylic acids is 2. The third-order valence-corrected chi connectivity index (χ3v) is 4.68. The number of nitrogens with one attached hydrogen (secondary N) is 3. The molecule has 3 N–H and O–H groups in total. The zero-order valence-corrected chi connectivity index (χ0v) is 15.9. The fourth-order valence-electron chi connectivity index (χ4n) is 3.13. The van der Waals surface area contributed by atoms with Gasteiger partial charge in [-0.25, -0.2) is 9.37 Å². The number of pyridine rings is 1. The summed E-state index contributed by atoms with van der Waals surface area (Å²) >= 11 is 0. The third kappa shape index (κ3) is 4.52. The number of H-pyrrole nitrogens is 1. The van der Waals surface area contributed by atoms with Crippen LogP contribution >= 0.6 is 0 Å². The Labute approximate surface area is 172 Å². The molecule has 0 aliphatic heterocycles. The van der Waals surface area contributed by atoms with Crippen LogP contribution in [0.15, 0.2) is 79.1 Å². The van der Waals surface area contributed by atoms with Crippen molar-refractivity contribution in [2.24, 2.45) is 0 Å². The summed E-state index contributed by atoms with van der Waals surface area (Å²) in [5, 5.41) is 6.33. The van der Waals surface area contributed by atoms with E-state index in [0.717, 1.165) is 10.9 Å². The molecule has 0 bridgehead atoms. The molecule has 0 aliphatic carbocycles. The molecular formula is C23H19FN4O2. The first kappa shape index (κ1) is 19.3. The standard InChI is InChI=1S/C23H19FN4O2/c24-18-6-8-19(9-7-18)27-23(30)20(12-15-4-2-1-3-5-15)28-22(29)17-13-16-10-11-25-21(16)26-14-17/h1-11,13-14,20H,12H2,(H,25,26)(H,27,30)(H,28,29)/t20-/m0/s1. The van der Waals surface area contributed by atoms with E-state index in [1.807, 2.05) is 36.4 Å². The minimum Gasteiger partial charge on any atom is -0.346 e. The van der Waals surface area contributed by atoms with Gasteiger partial charge in [0.25, 0.3) is 5.91 Å². The highest BCUT2D eigenvalue weighted by Gasteiger charge is 2.22. The van der Waals surface area contributed by atoms with Crippen molar-refractivity contribution in [2.45, 2.75) is 12.5 Å². The number of anilines is 1. The fraction of sp³-hybridized carbons (Fsp3) is 0.0870. The van der Waals surface area contributed by atoms with Gasteiger partial charge in [-0.1, -0.05) is 30.3 Å². The van der Waals surface area contributed by atoms with E-state index in [-0.39, 0.29) is 0 Å². The number of fused-ring (bicyclic) bond motifs is 1. The molecule has 4 aromatic rings. The number of hydrogen-bond donors (Lipinski definition) is 3. The largest absolute Gasteiger partial charge is 0.346 e. The quantitative estimate of drug-likeness (QED) is 0.460. The predicted molar refractivity (Wildman–Crippen MR) is 113 cm³/mol. The number of hydrogen-bond acceptors (Lipinski definition) is 3. The minimum atomic E-state index is -0.827. The Kier molecular flexibility index (Phi) is 5.52. The van der Waals surface area contributed by atoms with Crippen LogP contribution < -0.4 is 10.6 Å². The van der Waals surface area contributed by atoms with E-state index in [1.165, 1.54) is 30.5 Å². The lowest BCUT2D eigenvalue weighted by Crippen LogP contribution is -2.45. The molecule has 2 aromatic carbocycles. The van der Waals surface area contributed by atoms with Gasteiger partial charge >= 0.3 is 0 Å². The second-order valence-electron chi connectivity index (χ2n) is 6.85. The van der Waals surface area contributed by atoms with Crippen LogP contribution in [0.2, 0.25) is 0 Å². The summed E-state index contributed by atoms with van der Waals surface area (Å²) in [5.74, 6) is -1.19. The highest BCUT2D eigenvalue weighted by Crippen LogP contribution is 2.13. The number of carbonyl (C=O) groups is 2. The second-order valence-corrected chi connectivity index (χ2v) is 6.85. The highest BCUT2D eigenvalue weighted by atomic mass is 19.1. The van der Waals surface area contributed by atoms with Gasteiger partial charge in [-0.2, -0.15) is 0 Å². The summed E-state index contributed by atoms with van der Waals surface area (Å²) < 4.78 is 13.1. The Morgan fingerprint density at radius 2 is 1.80 bits per heavy atom. The first-order chi connectivity index (χ1) is 14.6. The summed E-state index contributed by atoms with van der Waals surface area (Å²) in [7, 11) is 0. The van der Waals surface area contributed by atoms with Crippen LogP contribution in [0.3, 0.4) is 0 Å². The van der Waals surface area contributed by atoms with E-state index in [0.29, 0.717) is 23.3 Å². The third-order valence-electron chi connectivity index (χ3n) is 4.68. The minimum absolute atomic E-state index is 0.305. The summed E-state index contributed by atoms with van der Waals surface area (Å²) in [6.45, 7) is 0. The van der Waals surface area contributed by atoms with Crippen molar-refractivity contribution < 1.29 is 14.0 Å². The molecule has 4 rings (SSSR count). The van der Waals surface area contributed by atoms with Crippen LogP contribution in [0.1, 0.15) is 15.9 Å². The zero-order valence-electron chi connectivity index (χ0n) is 15.9. The average Bonchev–Trinajstić information content (AvgIpc) is 3.23. The Morgan fingerprint density at radius 1 is 1.03 bits per heavy atom. The van der Waals surface area contributed by atoms with Crippen molar-refractivity contribution in [3.63, 3.8) is 0 Å². The van der Waals surface area contributed by atoms with E-state index >= 15 is 0 Å². The van der Waals surface area contributed by atoms with Crippen molar-refractivity contribution in [3.8, 4) is 0 Å². The molecule has 0 radical (unpaired) electrons. The Bertz CT molecular complexity index is 1170. The molecule has 0 unspecified atom stereocenters. The molecule has 7 heteroatoms. The lowest BCUT2D eigenvalue weighted by atomic mass is 10.0. The Morgan fingerprint density at radius 3 is 2.57 bits per heavy atom. The smallest absolute Gasteiger partial charge is 0.253 e. The summed E-state index contributed by atoms with van der Waals surface area (Å²) in [5.41, 5.74) is 2.39. The molecule has 0 saturated carbocycles. The molecule has 0 fully saturated rings. The van der Waals surface area contributed by atoms with Crippen LogP contribution in [0.5, 0.6) is 0 Å². The molecule has 0 spiro atoms. The van der Waals surface area contributed by atoms with Gasteiger partial charge in [-0.15, -0.1) is 0 Å². The van der Waals surface area contributed by atoms with E-state index < -0.39 is 23.7 Å².